The molecule has 0 aromatic heterocycles. The lowest BCUT2D eigenvalue weighted by atomic mass is 10.1. The van der Waals surface area contributed by atoms with Gasteiger partial charge in [-0.15, -0.1) is 0 Å². The Kier molecular flexibility index (Phi) is 7.71. The summed E-state index contributed by atoms with van der Waals surface area (Å²) in [5.41, 5.74) is 1.57. The molecule has 5 nitrogen and oxygen atoms in total. The highest BCUT2D eigenvalue weighted by Crippen LogP contribution is 2.34. The summed E-state index contributed by atoms with van der Waals surface area (Å²) in [4.78, 5) is 12.9. The van der Waals surface area contributed by atoms with Gasteiger partial charge in [0.25, 0.3) is 0 Å². The van der Waals surface area contributed by atoms with Crippen LogP contribution in [0.3, 0.4) is 0 Å². The molecule has 2 rings (SSSR count). The maximum Gasteiger partial charge on any atom is 0.342 e. The molecular weight excluding hydrogens is 420 g/mol. The minimum atomic E-state index is -1.41. The molecule has 0 aliphatic rings. The van der Waals surface area contributed by atoms with Gasteiger partial charge in [-0.05, 0) is 45.3 Å². The first-order chi connectivity index (χ1) is 12.5. The van der Waals surface area contributed by atoms with Gasteiger partial charge in [-0.3, -0.25) is 0 Å². The van der Waals surface area contributed by atoms with Crippen LogP contribution in [0.4, 0.5) is 0 Å². The second-order valence-electron chi connectivity index (χ2n) is 5.22. The van der Waals surface area contributed by atoms with E-state index >= 15 is 0 Å². The second-order valence-corrected chi connectivity index (χ2v) is 7.49. The third kappa shape index (κ3) is 4.67. The van der Waals surface area contributed by atoms with Crippen LogP contribution in [0.25, 0.3) is 6.08 Å². The number of halogens is 1. The molecule has 0 amide bonds. The van der Waals surface area contributed by atoms with Crippen LogP contribution in [-0.2, 0) is 21.7 Å². The summed E-state index contributed by atoms with van der Waals surface area (Å²) in [6, 6.07) is 10.7. The van der Waals surface area contributed by atoms with Gasteiger partial charge in [0.1, 0.15) is 17.1 Å². The van der Waals surface area contributed by atoms with Crippen LogP contribution in [0, 0.1) is 0 Å². The lowest BCUT2D eigenvalue weighted by Gasteiger charge is -2.17. The first-order valence-electron chi connectivity index (χ1n) is 7.72. The molecule has 0 saturated carbocycles. The summed E-state index contributed by atoms with van der Waals surface area (Å²) in [6.45, 7) is -0.0998. The van der Waals surface area contributed by atoms with Crippen LogP contribution in [0.2, 0.25) is 0 Å². The highest BCUT2D eigenvalue weighted by Gasteiger charge is 2.25. The number of carbonyl (C=O) groups excluding carboxylic acids is 1. The Hall–Kier alpha value is -1.80. The molecule has 2 aromatic rings. The third-order valence-electron chi connectivity index (χ3n) is 3.64. The standard InChI is InChI=1S/C19H19BrO5S/c1-24-18-15(20)10-9-14(17(18)19(22)25-2)12-26(23)16-8-4-3-6-13(16)7-5-11-21/h3-10,21H,11-12H2,1-2H3/b7-5-. The number of ether oxygens (including phenoxy) is 2. The smallest absolute Gasteiger partial charge is 0.342 e. The van der Waals surface area contributed by atoms with E-state index in [-0.39, 0.29) is 17.9 Å². The predicted octanol–water partition coefficient (Wildman–Crippen LogP) is 3.56. The molecule has 0 aliphatic carbocycles. The van der Waals surface area contributed by atoms with Gasteiger partial charge < -0.3 is 19.1 Å². The van der Waals surface area contributed by atoms with Gasteiger partial charge in [-0.25, -0.2) is 4.79 Å². The Balaban J connectivity index is 2.43. The van der Waals surface area contributed by atoms with Crippen molar-refractivity contribution in [2.24, 2.45) is 0 Å². The zero-order chi connectivity index (χ0) is 19.1. The van der Waals surface area contributed by atoms with Crippen molar-refractivity contribution >= 4 is 39.2 Å². The van der Waals surface area contributed by atoms with Gasteiger partial charge in [0.2, 0.25) is 0 Å². The van der Waals surface area contributed by atoms with Gasteiger partial charge in [-0.1, -0.05) is 30.4 Å². The number of hydrogen-bond acceptors (Lipinski definition) is 5. The number of aliphatic hydroxyl groups is 1. The zero-order valence-electron chi connectivity index (χ0n) is 14.4. The topological polar surface area (TPSA) is 78.8 Å². The van der Waals surface area contributed by atoms with E-state index in [2.05, 4.69) is 15.9 Å². The normalized spacial score (nSPS) is 12.2. The molecule has 0 aliphatic heterocycles. The van der Waals surface area contributed by atoms with E-state index in [1.807, 2.05) is 12.1 Å². The summed E-state index contributed by atoms with van der Waals surface area (Å²) in [5.74, 6) is -0.0821. The molecule has 0 saturated heterocycles. The van der Waals surface area contributed by atoms with Crippen molar-refractivity contribution < 1.29 is 23.9 Å². The molecule has 1 atom stereocenters. The quantitative estimate of drug-likeness (QED) is 0.527. The monoisotopic (exact) mass is 438 g/mol. The molecule has 0 bridgehead atoms. The summed E-state index contributed by atoms with van der Waals surface area (Å²) in [5, 5.41) is 8.97. The van der Waals surface area contributed by atoms with Crippen molar-refractivity contribution in [3.8, 4) is 5.75 Å². The maximum atomic E-state index is 13.0. The fraction of sp³-hybridized carbons (Fsp3) is 0.211. The van der Waals surface area contributed by atoms with E-state index in [9.17, 15) is 9.35 Å². The van der Waals surface area contributed by atoms with Crippen LogP contribution in [0.15, 0.2) is 51.8 Å². The van der Waals surface area contributed by atoms with Gasteiger partial charge in [0.15, 0.2) is 4.90 Å². The van der Waals surface area contributed by atoms with Gasteiger partial charge in [0, 0.05) is 11.1 Å². The van der Waals surface area contributed by atoms with Crippen LogP contribution in [0.1, 0.15) is 21.5 Å². The third-order valence-corrected chi connectivity index (χ3v) is 5.70. The summed E-state index contributed by atoms with van der Waals surface area (Å²) < 4.78 is 23.7. The molecule has 7 heteroatoms. The van der Waals surface area contributed by atoms with Crippen molar-refractivity contribution in [3.63, 3.8) is 0 Å². The molecule has 0 heterocycles. The number of benzene rings is 2. The number of hydrogen-bond donors (Lipinski definition) is 1. The van der Waals surface area contributed by atoms with Crippen LogP contribution in [-0.4, -0.2) is 36.5 Å². The highest BCUT2D eigenvalue weighted by molar-refractivity contribution is 9.10. The number of carbonyl (C=O) groups is 1. The molecule has 0 radical (unpaired) electrons. The zero-order valence-corrected chi connectivity index (χ0v) is 16.8. The molecule has 26 heavy (non-hydrogen) atoms. The van der Waals surface area contributed by atoms with Crippen molar-refractivity contribution in [2.75, 3.05) is 20.8 Å². The Morgan fingerprint density at radius 1 is 1.27 bits per heavy atom. The average Bonchev–Trinajstić information content (AvgIpc) is 2.66. The summed E-state index contributed by atoms with van der Waals surface area (Å²) in [7, 11) is 2.75. The number of aliphatic hydroxyl groups excluding tert-OH is 1. The highest BCUT2D eigenvalue weighted by atomic mass is 79.9. The Labute approximate surface area is 163 Å². The molecule has 0 fully saturated rings. The van der Waals surface area contributed by atoms with Crippen LogP contribution < -0.4 is 4.74 Å². The number of methoxy groups -OCH3 is 2. The number of esters is 1. The van der Waals surface area contributed by atoms with E-state index < -0.39 is 17.1 Å². The molecule has 1 N–H and O–H groups in total. The number of rotatable bonds is 7. The molecule has 1 unspecified atom stereocenters. The predicted molar refractivity (Wildman–Crippen MR) is 105 cm³/mol. The SMILES string of the molecule is COC(=O)c1c(C[S+]([O-])c2ccccc2/C=C\CO)ccc(Br)c1OC. The molecule has 0 spiro atoms. The summed E-state index contributed by atoms with van der Waals surface area (Å²) in [6.07, 6.45) is 3.30. The first kappa shape index (κ1) is 20.5. The first-order valence-corrected chi connectivity index (χ1v) is 9.83. The maximum absolute atomic E-state index is 13.0. The Morgan fingerprint density at radius 2 is 2.00 bits per heavy atom. The van der Waals surface area contributed by atoms with Crippen molar-refractivity contribution in [2.45, 2.75) is 10.6 Å². The van der Waals surface area contributed by atoms with Gasteiger partial charge >= 0.3 is 5.97 Å². The van der Waals surface area contributed by atoms with Crippen molar-refractivity contribution in [1.82, 2.24) is 0 Å². The lowest BCUT2D eigenvalue weighted by Crippen LogP contribution is -2.13. The van der Waals surface area contributed by atoms with Gasteiger partial charge in [0.05, 0.1) is 25.3 Å². The van der Waals surface area contributed by atoms with Crippen molar-refractivity contribution in [1.29, 1.82) is 0 Å². The molecule has 2 aromatic carbocycles. The van der Waals surface area contributed by atoms with E-state index in [0.29, 0.717) is 20.7 Å². The van der Waals surface area contributed by atoms with Crippen LogP contribution in [0.5, 0.6) is 5.75 Å². The van der Waals surface area contributed by atoms with E-state index in [1.54, 1.807) is 36.4 Å². The lowest BCUT2D eigenvalue weighted by molar-refractivity contribution is 0.0596. The van der Waals surface area contributed by atoms with Crippen LogP contribution >= 0.6 is 15.9 Å². The average molecular weight is 439 g/mol. The second kappa shape index (κ2) is 9.78. The van der Waals surface area contributed by atoms with E-state index in [1.165, 1.54) is 14.2 Å². The summed E-state index contributed by atoms with van der Waals surface area (Å²) >= 11 is 1.94. The van der Waals surface area contributed by atoms with E-state index in [0.717, 1.165) is 5.56 Å². The molecule has 138 valence electrons. The largest absolute Gasteiger partial charge is 0.611 e. The fourth-order valence-corrected chi connectivity index (χ4v) is 4.27. The van der Waals surface area contributed by atoms with Crippen molar-refractivity contribution in [3.05, 3.63) is 63.6 Å². The van der Waals surface area contributed by atoms with Gasteiger partial charge in [-0.2, -0.15) is 0 Å². The fourth-order valence-electron chi connectivity index (χ4n) is 2.47. The minimum absolute atomic E-state index is 0.0998. The Bertz CT molecular complexity index is 807. The van der Waals surface area contributed by atoms with E-state index in [4.69, 9.17) is 14.6 Å². The molecular formula is C19H19BrO5S. The minimum Gasteiger partial charge on any atom is -0.611 e. The Morgan fingerprint density at radius 3 is 2.65 bits per heavy atom.